The Balaban J connectivity index is 1.13. The molecule has 5 nitrogen and oxygen atoms in total. The lowest BCUT2D eigenvalue weighted by molar-refractivity contribution is 0.631. The molecule has 5 heteroatoms. The summed E-state index contributed by atoms with van der Waals surface area (Å²) in [4.78, 5) is 2.26. The van der Waals surface area contributed by atoms with Gasteiger partial charge in [0, 0.05) is 44.0 Å². The predicted molar refractivity (Wildman–Crippen MR) is 211 cm³/mol. The van der Waals surface area contributed by atoms with E-state index in [1.807, 2.05) is 36.4 Å². The fraction of sp³-hybridized carbons (Fsp3) is 0.0638. The summed E-state index contributed by atoms with van der Waals surface area (Å²) in [6, 6.07) is 57.9. The van der Waals surface area contributed by atoms with Crippen molar-refractivity contribution >= 4 is 60.7 Å². The van der Waals surface area contributed by atoms with Crippen molar-refractivity contribution in [3.8, 4) is 23.5 Å². The summed E-state index contributed by atoms with van der Waals surface area (Å²) >= 11 is 0. The highest BCUT2D eigenvalue weighted by molar-refractivity contribution is 6.12. The second-order valence-corrected chi connectivity index (χ2v) is 14.1. The Labute approximate surface area is 301 Å². The summed E-state index contributed by atoms with van der Waals surface area (Å²) in [5.41, 5.74) is 12.9. The number of nitrogens with zero attached hydrogens (tertiary/aromatic N) is 5. The van der Waals surface area contributed by atoms with Crippen molar-refractivity contribution in [1.82, 2.24) is 9.13 Å². The first-order chi connectivity index (χ1) is 25.5. The van der Waals surface area contributed by atoms with Crippen LogP contribution >= 0.6 is 0 Å². The topological polar surface area (TPSA) is 60.7 Å². The molecule has 0 aliphatic carbocycles. The van der Waals surface area contributed by atoms with Gasteiger partial charge in [0.05, 0.1) is 56.7 Å². The Morgan fingerprint density at radius 1 is 0.423 bits per heavy atom. The van der Waals surface area contributed by atoms with E-state index >= 15 is 0 Å². The molecule has 0 saturated heterocycles. The van der Waals surface area contributed by atoms with E-state index in [0.29, 0.717) is 11.1 Å². The van der Waals surface area contributed by atoms with Crippen molar-refractivity contribution in [2.75, 3.05) is 4.90 Å². The third kappa shape index (κ3) is 4.14. The van der Waals surface area contributed by atoms with Gasteiger partial charge < -0.3 is 14.0 Å². The highest BCUT2D eigenvalue weighted by atomic mass is 15.2. The Morgan fingerprint density at radius 2 is 0.846 bits per heavy atom. The van der Waals surface area contributed by atoms with Crippen LogP contribution in [0.4, 0.5) is 17.1 Å². The van der Waals surface area contributed by atoms with Gasteiger partial charge in [-0.25, -0.2) is 0 Å². The van der Waals surface area contributed by atoms with Crippen LogP contribution in [0.2, 0.25) is 0 Å². The van der Waals surface area contributed by atoms with Gasteiger partial charge in [-0.15, -0.1) is 0 Å². The Kier molecular flexibility index (Phi) is 6.28. The van der Waals surface area contributed by atoms with Crippen molar-refractivity contribution in [2.24, 2.45) is 0 Å². The Hall–Kier alpha value is -7.08. The van der Waals surface area contributed by atoms with Crippen molar-refractivity contribution in [2.45, 2.75) is 19.3 Å². The van der Waals surface area contributed by atoms with E-state index in [0.717, 1.165) is 50.6 Å². The molecule has 2 aromatic heterocycles. The fourth-order valence-corrected chi connectivity index (χ4v) is 8.49. The lowest BCUT2D eigenvalue weighted by Gasteiger charge is -2.42. The number of aromatic nitrogens is 2. The van der Waals surface area contributed by atoms with E-state index in [4.69, 9.17) is 0 Å². The minimum atomic E-state index is -0.401. The second kappa shape index (κ2) is 11.0. The van der Waals surface area contributed by atoms with E-state index in [2.05, 4.69) is 155 Å². The summed E-state index contributed by atoms with van der Waals surface area (Å²) in [6.07, 6.45) is 0. The van der Waals surface area contributed by atoms with Gasteiger partial charge in [-0.1, -0.05) is 68.4 Å². The average Bonchev–Trinajstić information content (AvgIpc) is 3.71. The van der Waals surface area contributed by atoms with Crippen LogP contribution in [0.1, 0.15) is 36.1 Å². The van der Waals surface area contributed by atoms with Gasteiger partial charge in [0.2, 0.25) is 0 Å². The summed E-state index contributed by atoms with van der Waals surface area (Å²) in [5, 5.41) is 24.5. The van der Waals surface area contributed by atoms with E-state index in [-0.39, 0.29) is 0 Å². The summed E-state index contributed by atoms with van der Waals surface area (Å²) in [6.45, 7) is 4.34. The van der Waals surface area contributed by atoms with Crippen LogP contribution in [0.15, 0.2) is 152 Å². The molecule has 0 unspecified atom stereocenters. The standard InChI is InChI=1S/C47H31N5/c1-47(2)39-25-30(28-48)15-22-45(39)51(46-23-16-31(29-49)26-40(46)47)33-19-17-32(18-20-33)50-43-14-8-5-11-37(43)38-27-34(21-24-44(38)50)52-41-12-6-3-9-35(41)36-10-4-7-13-42(36)52/h3-27H,1-2H3. The first-order valence-corrected chi connectivity index (χ1v) is 17.5. The first-order valence-electron chi connectivity index (χ1n) is 17.5. The Bertz CT molecular complexity index is 2900. The molecule has 52 heavy (non-hydrogen) atoms. The minimum Gasteiger partial charge on any atom is -0.310 e. The van der Waals surface area contributed by atoms with E-state index in [1.165, 1.54) is 32.6 Å². The summed E-state index contributed by atoms with van der Waals surface area (Å²) in [5.74, 6) is 0. The van der Waals surface area contributed by atoms with Gasteiger partial charge in [0.15, 0.2) is 0 Å². The molecule has 1 aliphatic rings. The molecule has 0 atom stereocenters. The Morgan fingerprint density at radius 3 is 1.37 bits per heavy atom. The van der Waals surface area contributed by atoms with Gasteiger partial charge in [-0.2, -0.15) is 10.5 Å². The number of anilines is 3. The van der Waals surface area contributed by atoms with Crippen LogP contribution < -0.4 is 4.90 Å². The lowest BCUT2D eigenvalue weighted by Crippen LogP contribution is -2.31. The van der Waals surface area contributed by atoms with E-state index in [9.17, 15) is 10.5 Å². The summed E-state index contributed by atoms with van der Waals surface area (Å²) < 4.78 is 4.73. The van der Waals surface area contributed by atoms with Crippen LogP contribution in [0.3, 0.4) is 0 Å². The predicted octanol–water partition coefficient (Wildman–Crippen LogP) is 11.7. The molecule has 0 spiro atoms. The number of rotatable bonds is 3. The molecule has 0 fully saturated rings. The molecule has 0 radical (unpaired) electrons. The molecule has 0 N–H and O–H groups in total. The molecular weight excluding hydrogens is 635 g/mol. The molecule has 0 amide bonds. The molecule has 10 rings (SSSR count). The number of benzene rings is 7. The third-order valence-corrected chi connectivity index (χ3v) is 10.9. The average molecular weight is 666 g/mol. The third-order valence-electron chi connectivity index (χ3n) is 10.9. The maximum absolute atomic E-state index is 9.78. The molecule has 1 aliphatic heterocycles. The molecule has 7 aromatic carbocycles. The monoisotopic (exact) mass is 665 g/mol. The van der Waals surface area contributed by atoms with Crippen LogP contribution in [0, 0.1) is 22.7 Å². The number of fused-ring (bicyclic) bond motifs is 8. The maximum atomic E-state index is 9.78. The molecule has 0 bridgehead atoms. The normalized spacial score (nSPS) is 13.3. The largest absolute Gasteiger partial charge is 0.310 e. The zero-order valence-electron chi connectivity index (χ0n) is 28.7. The van der Waals surface area contributed by atoms with Crippen LogP contribution in [0.25, 0.3) is 55.0 Å². The van der Waals surface area contributed by atoms with E-state index in [1.54, 1.807) is 0 Å². The maximum Gasteiger partial charge on any atom is 0.0991 e. The van der Waals surface area contributed by atoms with Gasteiger partial charge in [0.25, 0.3) is 0 Å². The summed E-state index contributed by atoms with van der Waals surface area (Å²) in [7, 11) is 0. The van der Waals surface area contributed by atoms with Crippen molar-refractivity contribution in [3.05, 3.63) is 174 Å². The van der Waals surface area contributed by atoms with Gasteiger partial charge >= 0.3 is 0 Å². The van der Waals surface area contributed by atoms with Gasteiger partial charge in [0.1, 0.15) is 0 Å². The zero-order chi connectivity index (χ0) is 35.1. The van der Waals surface area contributed by atoms with Crippen LogP contribution in [0.5, 0.6) is 0 Å². The van der Waals surface area contributed by atoms with Gasteiger partial charge in [-0.05, 0) is 108 Å². The quantitative estimate of drug-likeness (QED) is 0.189. The number of hydrogen-bond donors (Lipinski definition) is 0. The van der Waals surface area contributed by atoms with Crippen molar-refractivity contribution < 1.29 is 0 Å². The highest BCUT2D eigenvalue weighted by Crippen LogP contribution is 2.52. The zero-order valence-corrected chi connectivity index (χ0v) is 28.7. The van der Waals surface area contributed by atoms with Crippen LogP contribution in [-0.4, -0.2) is 9.13 Å². The molecular formula is C47H31N5. The van der Waals surface area contributed by atoms with Gasteiger partial charge in [-0.3, -0.25) is 0 Å². The number of hydrogen-bond acceptors (Lipinski definition) is 3. The van der Waals surface area contributed by atoms with E-state index < -0.39 is 5.41 Å². The molecule has 244 valence electrons. The SMILES string of the molecule is CC1(C)c2cc(C#N)ccc2N(c2ccc(-n3c4ccccc4c4cc(-n5c6ccccc6c6ccccc65)ccc43)cc2)c2ccc(C#N)cc21. The lowest BCUT2D eigenvalue weighted by atomic mass is 9.72. The van der Waals surface area contributed by atoms with Crippen molar-refractivity contribution in [3.63, 3.8) is 0 Å². The van der Waals surface area contributed by atoms with Crippen molar-refractivity contribution in [1.29, 1.82) is 10.5 Å². The van der Waals surface area contributed by atoms with Crippen LogP contribution in [-0.2, 0) is 5.41 Å². The first kappa shape index (κ1) is 29.8. The smallest absolute Gasteiger partial charge is 0.0991 e. The number of para-hydroxylation sites is 3. The highest BCUT2D eigenvalue weighted by Gasteiger charge is 2.37. The number of nitriles is 2. The second-order valence-electron chi connectivity index (χ2n) is 14.1. The molecule has 3 heterocycles. The fourth-order valence-electron chi connectivity index (χ4n) is 8.49. The minimum absolute atomic E-state index is 0.401. The molecule has 0 saturated carbocycles. The molecule has 9 aromatic rings.